The van der Waals surface area contributed by atoms with Gasteiger partial charge in [-0.1, -0.05) is 24.0 Å². The first kappa shape index (κ1) is 12.9. The Labute approximate surface area is 125 Å². The Hall–Kier alpha value is -1.79. The number of anilines is 1. The first-order valence-electron chi connectivity index (χ1n) is 7.88. The van der Waals surface area contributed by atoms with Gasteiger partial charge in [0.1, 0.15) is 0 Å². The molecule has 0 saturated heterocycles. The monoisotopic (exact) mass is 280 g/mol. The van der Waals surface area contributed by atoms with Crippen LogP contribution in [0.25, 0.3) is 0 Å². The molecule has 21 heavy (non-hydrogen) atoms. The van der Waals surface area contributed by atoms with E-state index < -0.39 is 0 Å². The Morgan fingerprint density at radius 3 is 2.67 bits per heavy atom. The van der Waals surface area contributed by atoms with E-state index in [2.05, 4.69) is 17.2 Å². The lowest BCUT2D eigenvalue weighted by Crippen LogP contribution is -2.19. The smallest absolute Gasteiger partial charge is 0.228 e. The average molecular weight is 280 g/mol. The van der Waals surface area contributed by atoms with E-state index in [1.807, 2.05) is 24.3 Å². The summed E-state index contributed by atoms with van der Waals surface area (Å²) >= 11 is 0. The van der Waals surface area contributed by atoms with E-state index in [-0.39, 0.29) is 11.8 Å². The average Bonchev–Trinajstić information content (AvgIpc) is 2.95. The van der Waals surface area contributed by atoms with Gasteiger partial charge in [0.2, 0.25) is 5.91 Å². The second kappa shape index (κ2) is 4.89. The lowest BCUT2D eigenvalue weighted by atomic mass is 10.0. The van der Waals surface area contributed by atoms with Gasteiger partial charge in [0.15, 0.2) is 0 Å². The van der Waals surface area contributed by atoms with Gasteiger partial charge in [-0.15, -0.1) is 0 Å². The summed E-state index contributed by atoms with van der Waals surface area (Å²) in [6, 6.07) is 7.71. The Kier molecular flexibility index (Phi) is 3.01. The lowest BCUT2D eigenvalue weighted by molar-refractivity contribution is -0.118. The molecule has 1 amide bonds. The summed E-state index contributed by atoms with van der Waals surface area (Å²) in [6.45, 7) is 0.332. The van der Waals surface area contributed by atoms with Crippen LogP contribution >= 0.6 is 0 Å². The number of carbonyl (C=O) groups is 1. The van der Waals surface area contributed by atoms with E-state index in [0.717, 1.165) is 23.1 Å². The number of rotatable bonds is 2. The van der Waals surface area contributed by atoms with Crippen LogP contribution in [0.1, 0.15) is 24.8 Å². The number of hydrogen-bond donors (Lipinski definition) is 2. The van der Waals surface area contributed by atoms with Gasteiger partial charge in [0.25, 0.3) is 0 Å². The maximum absolute atomic E-state index is 12.5. The van der Waals surface area contributed by atoms with Crippen LogP contribution in [0.3, 0.4) is 0 Å². The molecule has 1 aromatic carbocycles. The van der Waals surface area contributed by atoms with Gasteiger partial charge in [0.05, 0.1) is 12.2 Å². The summed E-state index contributed by atoms with van der Waals surface area (Å²) in [5, 5.41) is 3.10. The molecular formula is C18H20N2O. The van der Waals surface area contributed by atoms with Crippen molar-refractivity contribution in [3.05, 3.63) is 29.8 Å². The van der Waals surface area contributed by atoms with Gasteiger partial charge in [0, 0.05) is 11.5 Å². The number of amides is 1. The van der Waals surface area contributed by atoms with Gasteiger partial charge in [-0.25, -0.2) is 0 Å². The maximum Gasteiger partial charge on any atom is 0.228 e. The van der Waals surface area contributed by atoms with Crippen molar-refractivity contribution in [1.82, 2.24) is 0 Å². The Bertz CT molecular complexity index is 626. The Morgan fingerprint density at radius 1 is 1.24 bits per heavy atom. The molecule has 3 aliphatic rings. The number of fused-ring (bicyclic) bond motifs is 5. The van der Waals surface area contributed by atoms with E-state index in [1.165, 1.54) is 19.3 Å². The molecule has 1 aromatic rings. The summed E-state index contributed by atoms with van der Waals surface area (Å²) in [4.78, 5) is 12.5. The highest BCUT2D eigenvalue weighted by atomic mass is 16.2. The number of hydrogen-bond acceptors (Lipinski definition) is 2. The standard InChI is InChI=1S/C18H20N2O/c19-9-3-5-11-4-1-2-6-14(11)20-18(21)17-15-12-7-8-13(10-12)16(15)17/h1-2,4,6,12-13,15-17H,7-10,19H2,(H,20,21). The molecule has 2 bridgehead atoms. The van der Waals surface area contributed by atoms with Crippen LogP contribution in [0, 0.1) is 41.4 Å². The topological polar surface area (TPSA) is 55.1 Å². The normalized spacial score (nSPS) is 34.8. The van der Waals surface area contributed by atoms with E-state index in [0.29, 0.717) is 18.4 Å². The first-order valence-corrected chi connectivity index (χ1v) is 7.88. The van der Waals surface area contributed by atoms with Crippen molar-refractivity contribution in [2.24, 2.45) is 35.3 Å². The molecule has 0 spiro atoms. The highest BCUT2D eigenvalue weighted by Gasteiger charge is 2.67. The molecule has 0 aromatic heterocycles. The predicted octanol–water partition coefficient (Wildman–Crippen LogP) is 2.23. The molecule has 3 heteroatoms. The lowest BCUT2D eigenvalue weighted by Gasteiger charge is -2.11. The van der Waals surface area contributed by atoms with Crippen molar-refractivity contribution in [1.29, 1.82) is 0 Å². The number of nitrogens with one attached hydrogen (secondary N) is 1. The largest absolute Gasteiger partial charge is 0.325 e. The van der Waals surface area contributed by atoms with Gasteiger partial charge in [-0.05, 0) is 55.1 Å². The van der Waals surface area contributed by atoms with Crippen molar-refractivity contribution in [2.75, 3.05) is 11.9 Å². The summed E-state index contributed by atoms with van der Waals surface area (Å²) < 4.78 is 0. The number of para-hydroxylation sites is 1. The van der Waals surface area contributed by atoms with Gasteiger partial charge in [-0.2, -0.15) is 0 Å². The van der Waals surface area contributed by atoms with Crippen molar-refractivity contribution in [3.63, 3.8) is 0 Å². The Morgan fingerprint density at radius 2 is 1.95 bits per heavy atom. The fourth-order valence-corrected chi connectivity index (χ4v) is 4.74. The number of benzene rings is 1. The first-order chi connectivity index (χ1) is 10.3. The van der Waals surface area contributed by atoms with Gasteiger partial charge < -0.3 is 11.1 Å². The van der Waals surface area contributed by atoms with Crippen LogP contribution in [0.4, 0.5) is 5.69 Å². The van der Waals surface area contributed by atoms with Crippen molar-refractivity contribution in [3.8, 4) is 11.8 Å². The van der Waals surface area contributed by atoms with E-state index in [1.54, 1.807) is 0 Å². The molecule has 0 radical (unpaired) electrons. The molecule has 0 aliphatic heterocycles. The van der Waals surface area contributed by atoms with Crippen LogP contribution < -0.4 is 11.1 Å². The van der Waals surface area contributed by atoms with Crippen LogP contribution in [-0.2, 0) is 4.79 Å². The van der Waals surface area contributed by atoms with Crippen molar-refractivity contribution >= 4 is 11.6 Å². The molecule has 4 unspecified atom stereocenters. The molecule has 0 heterocycles. The van der Waals surface area contributed by atoms with E-state index >= 15 is 0 Å². The zero-order valence-corrected chi connectivity index (χ0v) is 12.0. The second-order valence-corrected chi connectivity index (χ2v) is 6.55. The highest BCUT2D eigenvalue weighted by Crippen LogP contribution is 2.69. The van der Waals surface area contributed by atoms with E-state index in [4.69, 9.17) is 5.73 Å². The zero-order chi connectivity index (χ0) is 14.4. The van der Waals surface area contributed by atoms with Crippen LogP contribution in [-0.4, -0.2) is 12.5 Å². The van der Waals surface area contributed by atoms with Crippen molar-refractivity contribution < 1.29 is 4.79 Å². The highest BCUT2D eigenvalue weighted by molar-refractivity contribution is 5.96. The SMILES string of the molecule is NCC#Cc1ccccc1NC(=O)C1C2C3CCC(C3)C12. The molecule has 4 rings (SSSR count). The fraction of sp³-hybridized carbons (Fsp3) is 0.500. The molecular weight excluding hydrogens is 260 g/mol. The molecule has 4 atom stereocenters. The molecule has 3 N–H and O–H groups in total. The molecule has 3 fully saturated rings. The van der Waals surface area contributed by atoms with Crippen molar-refractivity contribution in [2.45, 2.75) is 19.3 Å². The van der Waals surface area contributed by atoms with E-state index in [9.17, 15) is 4.79 Å². The summed E-state index contributed by atoms with van der Waals surface area (Å²) in [5.74, 6) is 9.32. The summed E-state index contributed by atoms with van der Waals surface area (Å²) in [6.07, 6.45) is 4.06. The summed E-state index contributed by atoms with van der Waals surface area (Å²) in [7, 11) is 0. The number of nitrogens with two attached hydrogens (primary N) is 1. The summed E-state index contributed by atoms with van der Waals surface area (Å²) in [5.41, 5.74) is 7.10. The van der Waals surface area contributed by atoms with Crippen LogP contribution in [0.5, 0.6) is 0 Å². The Balaban J connectivity index is 1.49. The van der Waals surface area contributed by atoms with Crippen LogP contribution in [0.2, 0.25) is 0 Å². The molecule has 3 aliphatic carbocycles. The van der Waals surface area contributed by atoms with Crippen LogP contribution in [0.15, 0.2) is 24.3 Å². The quantitative estimate of drug-likeness (QED) is 0.816. The third kappa shape index (κ3) is 2.06. The second-order valence-electron chi connectivity index (χ2n) is 6.55. The molecule has 3 saturated carbocycles. The number of carbonyl (C=O) groups excluding carboxylic acids is 1. The minimum absolute atomic E-state index is 0.198. The molecule has 108 valence electrons. The maximum atomic E-state index is 12.5. The zero-order valence-electron chi connectivity index (χ0n) is 12.0. The molecule has 3 nitrogen and oxygen atoms in total. The minimum atomic E-state index is 0.198. The fourth-order valence-electron chi connectivity index (χ4n) is 4.74. The van der Waals surface area contributed by atoms with Gasteiger partial charge >= 0.3 is 0 Å². The third-order valence-corrected chi connectivity index (χ3v) is 5.55. The minimum Gasteiger partial charge on any atom is -0.325 e. The van der Waals surface area contributed by atoms with Gasteiger partial charge in [-0.3, -0.25) is 4.79 Å². The third-order valence-electron chi connectivity index (χ3n) is 5.55. The predicted molar refractivity (Wildman–Crippen MR) is 82.3 cm³/mol.